The van der Waals surface area contributed by atoms with E-state index in [0.717, 1.165) is 11.3 Å². The first kappa shape index (κ1) is 15.5. The summed E-state index contributed by atoms with van der Waals surface area (Å²) < 4.78 is 7.36. The Labute approximate surface area is 151 Å². The highest BCUT2D eigenvalue weighted by Gasteiger charge is 2.22. The predicted octanol–water partition coefficient (Wildman–Crippen LogP) is 4.71. The molecule has 0 atom stereocenters. The molecule has 0 spiro atoms. The molecule has 0 N–H and O–H groups in total. The first-order valence-electron chi connectivity index (χ1n) is 9.30. The molecule has 0 saturated heterocycles. The molecule has 1 aliphatic rings. The Kier molecular flexibility index (Phi) is 3.51. The number of pyridine rings is 2. The number of hydrogen-bond acceptors (Lipinski definition) is 5. The number of hydrogen-bond donors (Lipinski definition) is 0. The van der Waals surface area contributed by atoms with E-state index in [4.69, 9.17) is 9.40 Å². The molecule has 132 valence electrons. The van der Waals surface area contributed by atoms with Crippen LogP contribution in [-0.4, -0.2) is 24.6 Å². The van der Waals surface area contributed by atoms with Crippen molar-refractivity contribution in [1.29, 1.82) is 0 Å². The highest BCUT2D eigenvalue weighted by atomic mass is 16.4. The van der Waals surface area contributed by atoms with Gasteiger partial charge in [-0.3, -0.25) is 4.40 Å². The van der Waals surface area contributed by atoms with Gasteiger partial charge in [0.2, 0.25) is 6.39 Å². The van der Waals surface area contributed by atoms with Gasteiger partial charge in [0.05, 0.1) is 0 Å². The van der Waals surface area contributed by atoms with E-state index in [1.165, 1.54) is 48.7 Å². The second-order valence-corrected chi connectivity index (χ2v) is 7.44. The van der Waals surface area contributed by atoms with Crippen LogP contribution in [0.25, 0.3) is 28.3 Å². The van der Waals surface area contributed by atoms with Gasteiger partial charge in [0.15, 0.2) is 0 Å². The van der Waals surface area contributed by atoms with E-state index >= 15 is 0 Å². The lowest BCUT2D eigenvalue weighted by Gasteiger charge is -2.16. The van der Waals surface area contributed by atoms with E-state index in [1.807, 2.05) is 12.3 Å². The third-order valence-electron chi connectivity index (χ3n) is 5.43. The monoisotopic (exact) mass is 347 g/mol. The van der Waals surface area contributed by atoms with E-state index in [0.29, 0.717) is 23.4 Å². The summed E-state index contributed by atoms with van der Waals surface area (Å²) in [5.74, 6) is 1.45. The van der Waals surface area contributed by atoms with Gasteiger partial charge in [-0.05, 0) is 42.5 Å². The Balaban J connectivity index is 1.78. The van der Waals surface area contributed by atoms with Gasteiger partial charge in [0.25, 0.3) is 5.89 Å². The zero-order chi connectivity index (χ0) is 17.7. The molecule has 0 unspecified atom stereocenters. The molecule has 0 bridgehead atoms. The lowest BCUT2D eigenvalue weighted by Crippen LogP contribution is -2.03. The van der Waals surface area contributed by atoms with Crippen molar-refractivity contribution in [1.82, 2.24) is 24.6 Å². The van der Waals surface area contributed by atoms with Crippen molar-refractivity contribution < 1.29 is 4.42 Å². The number of aromatic nitrogens is 5. The van der Waals surface area contributed by atoms with E-state index in [-0.39, 0.29) is 0 Å². The first-order valence-corrected chi connectivity index (χ1v) is 9.30. The van der Waals surface area contributed by atoms with Gasteiger partial charge in [-0.25, -0.2) is 9.97 Å². The van der Waals surface area contributed by atoms with Crippen LogP contribution in [0.15, 0.2) is 35.2 Å². The van der Waals surface area contributed by atoms with E-state index < -0.39 is 0 Å². The van der Waals surface area contributed by atoms with Crippen molar-refractivity contribution in [2.24, 2.45) is 0 Å². The highest BCUT2D eigenvalue weighted by Crippen LogP contribution is 2.36. The molecule has 0 aliphatic heterocycles. The van der Waals surface area contributed by atoms with Gasteiger partial charge >= 0.3 is 0 Å². The Morgan fingerprint density at radius 3 is 2.73 bits per heavy atom. The van der Waals surface area contributed by atoms with Gasteiger partial charge in [-0.1, -0.05) is 26.7 Å². The van der Waals surface area contributed by atoms with Crippen molar-refractivity contribution in [3.8, 4) is 11.6 Å². The number of imidazole rings is 1. The largest absolute Gasteiger partial charge is 0.422 e. The van der Waals surface area contributed by atoms with E-state index in [1.54, 1.807) is 0 Å². The fourth-order valence-electron chi connectivity index (χ4n) is 4.07. The first-order chi connectivity index (χ1) is 12.7. The number of fused-ring (bicyclic) bond motifs is 3. The van der Waals surface area contributed by atoms with Crippen molar-refractivity contribution in [2.75, 3.05) is 0 Å². The molecule has 26 heavy (non-hydrogen) atoms. The van der Waals surface area contributed by atoms with Crippen molar-refractivity contribution in [2.45, 2.75) is 51.4 Å². The Bertz CT molecular complexity index is 1070. The van der Waals surface area contributed by atoms with Crippen LogP contribution < -0.4 is 0 Å². The van der Waals surface area contributed by atoms with Crippen molar-refractivity contribution in [3.05, 3.63) is 42.0 Å². The fourth-order valence-corrected chi connectivity index (χ4v) is 4.07. The van der Waals surface area contributed by atoms with Gasteiger partial charge in [-0.2, -0.15) is 0 Å². The molecular weight excluding hydrogens is 326 g/mol. The molecule has 0 radical (unpaired) electrons. The zero-order valence-corrected chi connectivity index (χ0v) is 15.0. The van der Waals surface area contributed by atoms with Crippen LogP contribution in [-0.2, 0) is 0 Å². The minimum Gasteiger partial charge on any atom is -0.422 e. The molecule has 1 saturated carbocycles. The van der Waals surface area contributed by atoms with Crippen LogP contribution in [0.3, 0.4) is 0 Å². The third-order valence-corrected chi connectivity index (χ3v) is 5.43. The van der Waals surface area contributed by atoms with E-state index in [2.05, 4.69) is 45.6 Å². The average molecular weight is 347 g/mol. The van der Waals surface area contributed by atoms with Crippen LogP contribution in [0.4, 0.5) is 0 Å². The summed E-state index contributed by atoms with van der Waals surface area (Å²) in [6.07, 6.45) is 8.35. The topological polar surface area (TPSA) is 69.1 Å². The predicted molar refractivity (Wildman–Crippen MR) is 99.1 cm³/mol. The van der Waals surface area contributed by atoms with Crippen LogP contribution in [0.2, 0.25) is 0 Å². The summed E-state index contributed by atoms with van der Waals surface area (Å²) in [6.45, 7) is 4.49. The molecule has 1 fully saturated rings. The van der Waals surface area contributed by atoms with Crippen LogP contribution in [0, 0.1) is 0 Å². The lowest BCUT2D eigenvalue weighted by atomic mass is 9.95. The van der Waals surface area contributed by atoms with Gasteiger partial charge < -0.3 is 4.42 Å². The molecule has 0 amide bonds. The summed E-state index contributed by atoms with van der Waals surface area (Å²) in [5, 5.41) is 8.91. The second kappa shape index (κ2) is 5.90. The Morgan fingerprint density at radius 2 is 2.00 bits per heavy atom. The number of rotatable bonds is 3. The summed E-state index contributed by atoms with van der Waals surface area (Å²) in [7, 11) is 0. The minimum absolute atomic E-state index is 0.429. The molecular formula is C20H21N5O. The van der Waals surface area contributed by atoms with Gasteiger partial charge in [0, 0.05) is 23.2 Å². The average Bonchev–Trinajstić information content (AvgIpc) is 3.41. The fraction of sp³-hybridized carbons (Fsp3) is 0.400. The third kappa shape index (κ3) is 2.40. The molecule has 5 rings (SSSR count). The maximum atomic E-state index is 5.31. The molecule has 1 aliphatic carbocycles. The van der Waals surface area contributed by atoms with Crippen LogP contribution in [0.1, 0.15) is 62.6 Å². The van der Waals surface area contributed by atoms with Crippen molar-refractivity contribution in [3.63, 3.8) is 0 Å². The highest BCUT2D eigenvalue weighted by molar-refractivity contribution is 5.83. The smallest absolute Gasteiger partial charge is 0.267 e. The Hall–Kier alpha value is -2.76. The molecule has 6 nitrogen and oxygen atoms in total. The quantitative estimate of drug-likeness (QED) is 0.536. The number of nitrogens with zero attached hydrogens (tertiary/aromatic N) is 5. The molecule has 6 heteroatoms. The maximum Gasteiger partial charge on any atom is 0.267 e. The molecule has 4 heterocycles. The normalized spacial score (nSPS) is 15.7. The van der Waals surface area contributed by atoms with Gasteiger partial charge in [-0.15, -0.1) is 10.2 Å². The minimum atomic E-state index is 0.429. The summed E-state index contributed by atoms with van der Waals surface area (Å²) in [6, 6.07) is 6.49. The SMILES string of the molecule is CC(C)c1cc(C2CCCC2)nc2c1ccc1nc(-c3nnco3)cn12. The van der Waals surface area contributed by atoms with Gasteiger partial charge in [0.1, 0.15) is 17.0 Å². The zero-order valence-electron chi connectivity index (χ0n) is 15.0. The van der Waals surface area contributed by atoms with Crippen molar-refractivity contribution >= 4 is 16.7 Å². The van der Waals surface area contributed by atoms with E-state index in [9.17, 15) is 0 Å². The summed E-state index contributed by atoms with van der Waals surface area (Å²) in [5.41, 5.74) is 5.06. The maximum absolute atomic E-state index is 5.31. The molecule has 4 aromatic rings. The standard InChI is InChI=1S/C20H21N5O/c1-12(2)15-9-16(13-5-3-4-6-13)23-19-14(15)7-8-18-22-17(10-25(18)19)20-24-21-11-26-20/h7-13H,3-6H2,1-2H3. The molecule has 4 aromatic heterocycles. The second-order valence-electron chi connectivity index (χ2n) is 7.44. The Morgan fingerprint density at radius 1 is 1.15 bits per heavy atom. The van der Waals surface area contributed by atoms with Crippen LogP contribution in [0.5, 0.6) is 0 Å². The summed E-state index contributed by atoms with van der Waals surface area (Å²) in [4.78, 5) is 9.71. The molecule has 0 aromatic carbocycles. The summed E-state index contributed by atoms with van der Waals surface area (Å²) >= 11 is 0. The van der Waals surface area contributed by atoms with Crippen LogP contribution >= 0.6 is 0 Å². The lowest BCUT2D eigenvalue weighted by molar-refractivity contribution is 0.567.